The lowest BCUT2D eigenvalue weighted by atomic mass is 9.92. The Morgan fingerprint density at radius 3 is 2.62 bits per heavy atom. The molecular weight excluding hydrogens is 308 g/mol. The third kappa shape index (κ3) is 3.67. The zero-order valence-electron chi connectivity index (χ0n) is 14.4. The quantitative estimate of drug-likeness (QED) is 0.894. The first-order valence-electron chi connectivity index (χ1n) is 8.30. The maximum absolute atomic E-state index is 10.9. The van der Waals surface area contributed by atoms with Gasteiger partial charge in [-0.3, -0.25) is 10.00 Å². The molecule has 3 heterocycles. The number of likely N-dealkylation sites (tertiary alicyclic amines) is 1. The second-order valence-electron chi connectivity index (χ2n) is 7.50. The highest BCUT2D eigenvalue weighted by atomic mass is 16.5. The first kappa shape index (κ1) is 16.7. The van der Waals surface area contributed by atoms with Gasteiger partial charge in [0.05, 0.1) is 5.69 Å². The molecule has 2 aromatic rings. The van der Waals surface area contributed by atoms with Crippen LogP contribution in [0.4, 0.5) is 0 Å². The minimum Gasteiger partial charge on any atom is -0.476 e. The summed E-state index contributed by atoms with van der Waals surface area (Å²) in [5.74, 6) is 0.256. The number of nitrogens with zero attached hydrogens (tertiary/aromatic N) is 3. The zero-order valence-corrected chi connectivity index (χ0v) is 14.4. The van der Waals surface area contributed by atoms with E-state index in [9.17, 15) is 4.79 Å². The van der Waals surface area contributed by atoms with Crippen LogP contribution in [0.25, 0.3) is 0 Å². The van der Waals surface area contributed by atoms with Crippen molar-refractivity contribution < 1.29 is 14.4 Å². The van der Waals surface area contributed by atoms with Gasteiger partial charge in [0, 0.05) is 29.6 Å². The molecule has 3 rings (SSSR count). The Morgan fingerprint density at radius 2 is 2.08 bits per heavy atom. The molecule has 1 fully saturated rings. The van der Waals surface area contributed by atoms with E-state index in [1.165, 1.54) is 0 Å². The standard InChI is InChI=1S/C17H24N4O3/c1-17(2,3)15-8-12(20-24-15)10-21-6-4-11(5-7-21)13-9-14(16(22)23)19-18-13/h8-9,11H,4-7,10H2,1-3H3,(H,18,19)(H,22,23). The Hall–Kier alpha value is -2.15. The van der Waals surface area contributed by atoms with Gasteiger partial charge >= 0.3 is 5.97 Å². The van der Waals surface area contributed by atoms with Crippen LogP contribution in [0.5, 0.6) is 0 Å². The highest BCUT2D eigenvalue weighted by Crippen LogP contribution is 2.28. The third-order valence-electron chi connectivity index (χ3n) is 4.53. The molecule has 1 aliphatic heterocycles. The van der Waals surface area contributed by atoms with Crippen LogP contribution in [0.15, 0.2) is 16.7 Å². The predicted molar refractivity (Wildman–Crippen MR) is 88.0 cm³/mol. The Kier molecular flexibility index (Phi) is 4.45. The van der Waals surface area contributed by atoms with E-state index in [-0.39, 0.29) is 11.1 Å². The van der Waals surface area contributed by atoms with Crippen molar-refractivity contribution in [1.82, 2.24) is 20.3 Å². The van der Waals surface area contributed by atoms with Gasteiger partial charge in [0.2, 0.25) is 0 Å². The molecule has 0 bridgehead atoms. The van der Waals surface area contributed by atoms with Gasteiger partial charge in [0.1, 0.15) is 5.76 Å². The van der Waals surface area contributed by atoms with Crippen molar-refractivity contribution in [3.63, 3.8) is 0 Å². The molecule has 1 saturated heterocycles. The number of hydrogen-bond donors (Lipinski definition) is 2. The molecule has 0 radical (unpaired) electrons. The topological polar surface area (TPSA) is 95.2 Å². The summed E-state index contributed by atoms with van der Waals surface area (Å²) in [4.78, 5) is 13.3. The van der Waals surface area contributed by atoms with Crippen LogP contribution >= 0.6 is 0 Å². The molecule has 7 nitrogen and oxygen atoms in total. The van der Waals surface area contributed by atoms with E-state index in [0.717, 1.165) is 49.6 Å². The average molecular weight is 332 g/mol. The molecule has 2 N–H and O–H groups in total. The Morgan fingerprint density at radius 1 is 1.38 bits per heavy atom. The number of aromatic nitrogens is 3. The summed E-state index contributed by atoms with van der Waals surface area (Å²) in [6.45, 7) is 9.01. The molecule has 0 saturated carbocycles. The number of carboxylic acid groups (broad SMARTS) is 1. The second kappa shape index (κ2) is 6.39. The fourth-order valence-electron chi connectivity index (χ4n) is 3.03. The summed E-state index contributed by atoms with van der Waals surface area (Å²) < 4.78 is 5.44. The molecule has 0 aliphatic carbocycles. The average Bonchev–Trinajstić information content (AvgIpc) is 3.16. The van der Waals surface area contributed by atoms with E-state index in [0.29, 0.717) is 5.92 Å². The molecule has 0 aromatic carbocycles. The highest BCUT2D eigenvalue weighted by molar-refractivity contribution is 5.85. The Labute approximate surface area is 141 Å². The number of piperidine rings is 1. The van der Waals surface area contributed by atoms with E-state index < -0.39 is 5.97 Å². The van der Waals surface area contributed by atoms with E-state index in [4.69, 9.17) is 9.63 Å². The largest absolute Gasteiger partial charge is 0.476 e. The van der Waals surface area contributed by atoms with Crippen LogP contribution in [0.2, 0.25) is 0 Å². The first-order chi connectivity index (χ1) is 11.3. The van der Waals surface area contributed by atoms with Crippen molar-refractivity contribution >= 4 is 5.97 Å². The summed E-state index contributed by atoms with van der Waals surface area (Å²) in [6.07, 6.45) is 1.95. The lowest BCUT2D eigenvalue weighted by Crippen LogP contribution is -2.32. The van der Waals surface area contributed by atoms with E-state index >= 15 is 0 Å². The maximum atomic E-state index is 10.9. The first-order valence-corrected chi connectivity index (χ1v) is 8.30. The van der Waals surface area contributed by atoms with Crippen LogP contribution in [0.3, 0.4) is 0 Å². The van der Waals surface area contributed by atoms with Crippen molar-refractivity contribution in [3.05, 3.63) is 35.0 Å². The number of hydrogen-bond acceptors (Lipinski definition) is 5. The molecule has 0 spiro atoms. The van der Waals surface area contributed by atoms with Crippen molar-refractivity contribution in [2.24, 2.45) is 0 Å². The summed E-state index contributed by atoms with van der Waals surface area (Å²) >= 11 is 0. The Balaban J connectivity index is 1.55. The van der Waals surface area contributed by atoms with Gasteiger partial charge in [-0.2, -0.15) is 5.10 Å². The second-order valence-corrected chi connectivity index (χ2v) is 7.50. The monoisotopic (exact) mass is 332 g/mol. The van der Waals surface area contributed by atoms with Crippen LogP contribution < -0.4 is 0 Å². The fraction of sp³-hybridized carbons (Fsp3) is 0.588. The normalized spacial score (nSPS) is 17.3. The van der Waals surface area contributed by atoms with E-state index in [1.807, 2.05) is 6.07 Å². The molecule has 0 amide bonds. The summed E-state index contributed by atoms with van der Waals surface area (Å²) in [5, 5.41) is 19.8. The number of rotatable bonds is 4. The van der Waals surface area contributed by atoms with Crippen molar-refractivity contribution in [3.8, 4) is 0 Å². The van der Waals surface area contributed by atoms with Crippen molar-refractivity contribution in [2.75, 3.05) is 13.1 Å². The molecule has 130 valence electrons. The Bertz CT molecular complexity index is 705. The van der Waals surface area contributed by atoms with Gasteiger partial charge in [0.15, 0.2) is 5.69 Å². The molecular formula is C17H24N4O3. The summed E-state index contributed by atoms with van der Waals surface area (Å²) in [5.41, 5.74) is 1.95. The molecule has 0 atom stereocenters. The van der Waals surface area contributed by atoms with Crippen LogP contribution in [0.1, 0.15) is 67.2 Å². The zero-order chi connectivity index (χ0) is 17.3. The number of carboxylic acids is 1. The van der Waals surface area contributed by atoms with Gasteiger partial charge in [-0.1, -0.05) is 25.9 Å². The van der Waals surface area contributed by atoms with Gasteiger partial charge in [-0.25, -0.2) is 4.79 Å². The number of nitrogens with one attached hydrogen (secondary N) is 1. The molecule has 1 aliphatic rings. The lowest BCUT2D eigenvalue weighted by Gasteiger charge is -2.30. The molecule has 2 aromatic heterocycles. The van der Waals surface area contributed by atoms with Gasteiger partial charge in [0.25, 0.3) is 0 Å². The smallest absolute Gasteiger partial charge is 0.356 e. The minimum absolute atomic E-state index is 0.0271. The highest BCUT2D eigenvalue weighted by Gasteiger charge is 2.25. The van der Waals surface area contributed by atoms with E-state index in [2.05, 4.69) is 41.0 Å². The number of carbonyl (C=O) groups is 1. The van der Waals surface area contributed by atoms with Crippen LogP contribution in [-0.2, 0) is 12.0 Å². The third-order valence-corrected chi connectivity index (χ3v) is 4.53. The minimum atomic E-state index is -0.990. The van der Waals surface area contributed by atoms with Gasteiger partial charge < -0.3 is 9.63 Å². The number of aromatic carboxylic acids is 1. The SMILES string of the molecule is CC(C)(C)c1cc(CN2CCC(c3cc(C(=O)O)n[nH]3)CC2)no1. The van der Waals surface area contributed by atoms with Crippen molar-refractivity contribution in [1.29, 1.82) is 0 Å². The molecule has 24 heavy (non-hydrogen) atoms. The van der Waals surface area contributed by atoms with Crippen LogP contribution in [0, 0.1) is 0 Å². The lowest BCUT2D eigenvalue weighted by molar-refractivity contribution is 0.0690. The summed E-state index contributed by atoms with van der Waals surface area (Å²) in [6, 6.07) is 3.69. The van der Waals surface area contributed by atoms with Crippen molar-refractivity contribution in [2.45, 2.75) is 51.5 Å². The molecule has 0 unspecified atom stereocenters. The maximum Gasteiger partial charge on any atom is 0.356 e. The van der Waals surface area contributed by atoms with Gasteiger partial charge in [-0.05, 0) is 32.0 Å². The van der Waals surface area contributed by atoms with Crippen LogP contribution in [-0.4, -0.2) is 44.4 Å². The summed E-state index contributed by atoms with van der Waals surface area (Å²) in [7, 11) is 0. The fourth-order valence-corrected chi connectivity index (χ4v) is 3.03. The predicted octanol–water partition coefficient (Wildman–Crippen LogP) is 2.77. The molecule has 7 heteroatoms. The van der Waals surface area contributed by atoms with E-state index in [1.54, 1.807) is 6.07 Å². The number of aromatic amines is 1. The van der Waals surface area contributed by atoms with Gasteiger partial charge in [-0.15, -0.1) is 0 Å². The number of H-pyrrole nitrogens is 1.